The Labute approximate surface area is 168 Å². The van der Waals surface area contributed by atoms with Crippen LogP contribution < -0.4 is 10.1 Å². The number of carbonyl (C=O) groups is 1. The van der Waals surface area contributed by atoms with Crippen LogP contribution in [0.3, 0.4) is 0 Å². The Balaban J connectivity index is 1.61. The van der Waals surface area contributed by atoms with Gasteiger partial charge in [-0.25, -0.2) is 8.42 Å². The van der Waals surface area contributed by atoms with Gasteiger partial charge in [0.15, 0.2) is 15.9 Å². The summed E-state index contributed by atoms with van der Waals surface area (Å²) in [4.78, 5) is 14.9. The summed E-state index contributed by atoms with van der Waals surface area (Å²) in [5, 5.41) is 2.93. The molecule has 2 fully saturated rings. The van der Waals surface area contributed by atoms with Crippen LogP contribution in [0.2, 0.25) is 0 Å². The van der Waals surface area contributed by atoms with Gasteiger partial charge in [-0.05, 0) is 56.0 Å². The van der Waals surface area contributed by atoms with Crippen molar-refractivity contribution in [2.24, 2.45) is 0 Å². The molecule has 1 aromatic rings. The van der Waals surface area contributed by atoms with Crippen LogP contribution in [-0.2, 0) is 20.0 Å². The largest absolute Gasteiger partial charge is 0.481 e. The van der Waals surface area contributed by atoms with E-state index in [1.807, 2.05) is 24.3 Å². The summed E-state index contributed by atoms with van der Waals surface area (Å²) < 4.78 is 30.1. The molecule has 3 atom stereocenters. The van der Waals surface area contributed by atoms with Gasteiger partial charge in [0.1, 0.15) is 5.75 Å². The zero-order chi connectivity index (χ0) is 20.5. The first kappa shape index (κ1) is 21.1. The maximum absolute atomic E-state index is 12.7. The van der Waals surface area contributed by atoms with E-state index in [2.05, 4.69) is 31.0 Å². The summed E-state index contributed by atoms with van der Waals surface area (Å²) in [6, 6.07) is 7.26. The molecule has 2 heterocycles. The van der Waals surface area contributed by atoms with Gasteiger partial charge >= 0.3 is 0 Å². The van der Waals surface area contributed by atoms with Crippen molar-refractivity contribution in [3.05, 3.63) is 29.8 Å². The van der Waals surface area contributed by atoms with E-state index in [0.29, 0.717) is 5.75 Å². The van der Waals surface area contributed by atoms with Crippen LogP contribution in [0, 0.1) is 0 Å². The van der Waals surface area contributed by atoms with Crippen LogP contribution in [0.1, 0.15) is 46.1 Å². The third-order valence-corrected chi connectivity index (χ3v) is 7.38. The van der Waals surface area contributed by atoms with E-state index in [1.165, 1.54) is 5.56 Å². The Kier molecular flexibility index (Phi) is 6.05. The first-order valence-electron chi connectivity index (χ1n) is 10.1. The molecule has 1 amide bonds. The molecule has 0 radical (unpaired) electrons. The number of carbonyl (C=O) groups excluding carboxylic acids is 1. The van der Waals surface area contributed by atoms with Gasteiger partial charge in [0, 0.05) is 6.04 Å². The van der Waals surface area contributed by atoms with Gasteiger partial charge in [0.25, 0.3) is 5.91 Å². The molecule has 0 aliphatic carbocycles. The van der Waals surface area contributed by atoms with E-state index >= 15 is 0 Å². The fraction of sp³-hybridized carbons (Fsp3) is 0.667. The number of amides is 1. The Morgan fingerprint density at radius 2 is 1.75 bits per heavy atom. The minimum absolute atomic E-state index is 0.00685. The fourth-order valence-electron chi connectivity index (χ4n) is 3.99. The maximum atomic E-state index is 12.7. The summed E-state index contributed by atoms with van der Waals surface area (Å²) in [6.07, 6.45) is 1.48. The second kappa shape index (κ2) is 8.03. The molecule has 28 heavy (non-hydrogen) atoms. The quantitative estimate of drug-likeness (QED) is 0.808. The molecule has 3 rings (SSSR count). The number of likely N-dealkylation sites (tertiary alicyclic amines) is 1. The average Bonchev–Trinajstić information content (AvgIpc) is 3.22. The van der Waals surface area contributed by atoms with Gasteiger partial charge in [-0.3, -0.25) is 9.69 Å². The smallest absolute Gasteiger partial charge is 0.261 e. The molecule has 6 nitrogen and oxygen atoms in total. The standard InChI is InChI=1S/C21H32N2O4S/c1-15(27-17-9-7-16(8-10-17)21(2,3)4)20(24)22-18-13-28(25,26)14-19(18)23-11-5-6-12-23/h7-10,15,18-19H,5-6,11-14H2,1-4H3,(H,22,24). The third-order valence-electron chi connectivity index (χ3n) is 5.66. The van der Waals surface area contributed by atoms with E-state index in [9.17, 15) is 13.2 Å². The second-order valence-electron chi connectivity index (χ2n) is 9.04. The SMILES string of the molecule is CC(Oc1ccc(C(C)(C)C)cc1)C(=O)NC1CS(=O)(=O)CC1N1CCCC1. The minimum atomic E-state index is -3.13. The average molecular weight is 409 g/mol. The van der Waals surface area contributed by atoms with E-state index in [1.54, 1.807) is 6.92 Å². The minimum Gasteiger partial charge on any atom is -0.481 e. The molecule has 156 valence electrons. The number of rotatable bonds is 5. The lowest BCUT2D eigenvalue weighted by Crippen LogP contribution is -2.52. The molecule has 0 bridgehead atoms. The van der Waals surface area contributed by atoms with Gasteiger partial charge in [0.2, 0.25) is 0 Å². The molecule has 1 N–H and O–H groups in total. The maximum Gasteiger partial charge on any atom is 0.261 e. The second-order valence-corrected chi connectivity index (χ2v) is 11.2. The zero-order valence-corrected chi connectivity index (χ0v) is 18.1. The van der Waals surface area contributed by atoms with Crippen LogP contribution in [0.4, 0.5) is 0 Å². The number of hydrogen-bond acceptors (Lipinski definition) is 5. The van der Waals surface area contributed by atoms with Crippen molar-refractivity contribution in [1.82, 2.24) is 10.2 Å². The Morgan fingerprint density at radius 1 is 1.14 bits per heavy atom. The Morgan fingerprint density at radius 3 is 2.32 bits per heavy atom. The summed E-state index contributed by atoms with van der Waals surface area (Å²) in [5.41, 5.74) is 1.25. The van der Waals surface area contributed by atoms with Crippen molar-refractivity contribution in [2.45, 2.75) is 64.1 Å². The molecular formula is C21H32N2O4S. The molecule has 0 spiro atoms. The molecule has 2 saturated heterocycles. The van der Waals surface area contributed by atoms with E-state index < -0.39 is 15.9 Å². The zero-order valence-electron chi connectivity index (χ0n) is 17.3. The highest BCUT2D eigenvalue weighted by molar-refractivity contribution is 7.91. The fourth-order valence-corrected chi connectivity index (χ4v) is 5.94. The van der Waals surface area contributed by atoms with Crippen molar-refractivity contribution >= 4 is 15.7 Å². The van der Waals surface area contributed by atoms with Crippen LogP contribution in [0.25, 0.3) is 0 Å². The summed E-state index contributed by atoms with van der Waals surface area (Å²) >= 11 is 0. The lowest BCUT2D eigenvalue weighted by molar-refractivity contribution is -0.128. The number of sulfone groups is 1. The summed E-state index contributed by atoms with van der Waals surface area (Å²) in [7, 11) is -3.13. The van der Waals surface area contributed by atoms with Crippen molar-refractivity contribution < 1.29 is 17.9 Å². The van der Waals surface area contributed by atoms with Crippen molar-refractivity contribution in [1.29, 1.82) is 0 Å². The number of benzene rings is 1. The third kappa shape index (κ3) is 5.06. The molecule has 2 aliphatic rings. The lowest BCUT2D eigenvalue weighted by atomic mass is 9.87. The van der Waals surface area contributed by atoms with Gasteiger partial charge in [0.05, 0.1) is 17.5 Å². The van der Waals surface area contributed by atoms with Crippen molar-refractivity contribution in [3.8, 4) is 5.75 Å². The van der Waals surface area contributed by atoms with Gasteiger partial charge in [-0.1, -0.05) is 32.9 Å². The topological polar surface area (TPSA) is 75.7 Å². The predicted molar refractivity (Wildman–Crippen MR) is 110 cm³/mol. The van der Waals surface area contributed by atoms with Crippen LogP contribution in [-0.4, -0.2) is 62.0 Å². The molecular weight excluding hydrogens is 376 g/mol. The molecule has 2 aliphatic heterocycles. The normalized spacial score (nSPS) is 26.1. The number of nitrogens with zero attached hydrogens (tertiary/aromatic N) is 1. The molecule has 3 unspecified atom stereocenters. The molecule has 0 saturated carbocycles. The Bertz CT molecular complexity index is 793. The lowest BCUT2D eigenvalue weighted by Gasteiger charge is -2.29. The van der Waals surface area contributed by atoms with Crippen molar-refractivity contribution in [2.75, 3.05) is 24.6 Å². The predicted octanol–water partition coefficient (Wildman–Crippen LogP) is 2.13. The number of ether oxygens (including phenoxy) is 1. The first-order chi connectivity index (χ1) is 13.0. The van der Waals surface area contributed by atoms with E-state index in [-0.39, 0.29) is 34.9 Å². The van der Waals surface area contributed by atoms with Crippen LogP contribution in [0.5, 0.6) is 5.75 Å². The van der Waals surface area contributed by atoms with Gasteiger partial charge < -0.3 is 10.1 Å². The van der Waals surface area contributed by atoms with E-state index in [4.69, 9.17) is 4.74 Å². The monoisotopic (exact) mass is 408 g/mol. The Hall–Kier alpha value is -1.60. The van der Waals surface area contributed by atoms with Crippen LogP contribution in [0.15, 0.2) is 24.3 Å². The van der Waals surface area contributed by atoms with Gasteiger partial charge in [-0.2, -0.15) is 0 Å². The van der Waals surface area contributed by atoms with Crippen LogP contribution >= 0.6 is 0 Å². The number of nitrogens with one attached hydrogen (secondary N) is 1. The molecule has 1 aromatic carbocycles. The highest BCUT2D eigenvalue weighted by atomic mass is 32.2. The van der Waals surface area contributed by atoms with Gasteiger partial charge in [-0.15, -0.1) is 0 Å². The van der Waals surface area contributed by atoms with Crippen molar-refractivity contribution in [3.63, 3.8) is 0 Å². The summed E-state index contributed by atoms with van der Waals surface area (Å²) in [6.45, 7) is 9.93. The summed E-state index contributed by atoms with van der Waals surface area (Å²) in [5.74, 6) is 0.492. The number of hydrogen-bond donors (Lipinski definition) is 1. The van der Waals surface area contributed by atoms with E-state index in [0.717, 1.165) is 25.9 Å². The molecule has 0 aromatic heterocycles. The molecule has 7 heteroatoms. The first-order valence-corrected chi connectivity index (χ1v) is 11.9. The highest BCUT2D eigenvalue weighted by Crippen LogP contribution is 2.25. The highest BCUT2D eigenvalue weighted by Gasteiger charge is 2.42.